The molecular formula is C16H13ClN2O3S. The van der Waals surface area contributed by atoms with Gasteiger partial charge in [0.1, 0.15) is 5.75 Å². The first kappa shape index (κ1) is 15.7. The van der Waals surface area contributed by atoms with Crippen LogP contribution in [0.15, 0.2) is 41.3 Å². The van der Waals surface area contributed by atoms with Crippen molar-refractivity contribution in [2.24, 2.45) is 0 Å². The molecule has 2 amide bonds. The first-order chi connectivity index (χ1) is 11.1. The minimum absolute atomic E-state index is 0.00418. The van der Waals surface area contributed by atoms with E-state index < -0.39 is 0 Å². The summed E-state index contributed by atoms with van der Waals surface area (Å²) in [5.74, 6) is 0.0376. The quantitative estimate of drug-likeness (QED) is 0.831. The molecule has 0 saturated carbocycles. The van der Waals surface area contributed by atoms with Crippen LogP contribution in [0.25, 0.3) is 0 Å². The van der Waals surface area contributed by atoms with Crippen molar-refractivity contribution in [1.82, 2.24) is 0 Å². The molecule has 118 valence electrons. The molecule has 1 heterocycles. The number of ether oxygens (including phenoxy) is 1. The van der Waals surface area contributed by atoms with Gasteiger partial charge in [-0.25, -0.2) is 0 Å². The van der Waals surface area contributed by atoms with Crippen molar-refractivity contribution in [2.75, 3.05) is 23.5 Å². The molecule has 0 atom stereocenters. The molecule has 0 radical (unpaired) electrons. The number of carbonyl (C=O) groups excluding carboxylic acids is 2. The highest BCUT2D eigenvalue weighted by Crippen LogP contribution is 2.31. The number of thioether (sulfide) groups is 1. The van der Waals surface area contributed by atoms with Crippen molar-refractivity contribution < 1.29 is 14.3 Å². The van der Waals surface area contributed by atoms with Gasteiger partial charge in [0.25, 0.3) is 11.8 Å². The Labute approximate surface area is 142 Å². The van der Waals surface area contributed by atoms with E-state index in [2.05, 4.69) is 10.6 Å². The van der Waals surface area contributed by atoms with E-state index in [4.69, 9.17) is 16.3 Å². The zero-order chi connectivity index (χ0) is 16.4. The lowest BCUT2D eigenvalue weighted by Gasteiger charge is -2.18. The molecule has 0 saturated heterocycles. The fourth-order valence-corrected chi connectivity index (χ4v) is 2.81. The molecule has 0 unspecified atom stereocenters. The number of halogens is 1. The summed E-state index contributed by atoms with van der Waals surface area (Å²) in [5, 5.41) is 5.86. The summed E-state index contributed by atoms with van der Waals surface area (Å²) >= 11 is 7.63. The number of rotatable bonds is 3. The summed E-state index contributed by atoms with van der Waals surface area (Å²) in [6, 6.07) is 10.4. The van der Waals surface area contributed by atoms with Crippen LogP contribution in [0.3, 0.4) is 0 Å². The van der Waals surface area contributed by atoms with E-state index in [-0.39, 0.29) is 18.4 Å². The minimum atomic E-state index is -0.311. The zero-order valence-corrected chi connectivity index (χ0v) is 13.8. The summed E-state index contributed by atoms with van der Waals surface area (Å²) in [7, 11) is 0. The molecule has 23 heavy (non-hydrogen) atoms. The highest BCUT2D eigenvalue weighted by molar-refractivity contribution is 7.98. The molecule has 0 bridgehead atoms. The van der Waals surface area contributed by atoms with E-state index in [1.807, 2.05) is 12.3 Å². The number of nitrogens with one attached hydrogen (secondary N) is 2. The summed E-state index contributed by atoms with van der Waals surface area (Å²) in [6.45, 7) is -0.00418. The Morgan fingerprint density at radius 3 is 2.91 bits per heavy atom. The smallest absolute Gasteiger partial charge is 0.262 e. The third kappa shape index (κ3) is 3.43. The summed E-state index contributed by atoms with van der Waals surface area (Å²) in [4.78, 5) is 24.7. The van der Waals surface area contributed by atoms with Crippen LogP contribution in [0.2, 0.25) is 5.02 Å². The SMILES string of the molecule is CSc1ccc(Cl)c(C(=O)Nc2ccc3c(c2)NC(=O)CO3)c1. The molecule has 3 rings (SSSR count). The normalized spacial score (nSPS) is 12.9. The van der Waals surface area contributed by atoms with Crippen molar-refractivity contribution in [3.63, 3.8) is 0 Å². The van der Waals surface area contributed by atoms with Crippen LogP contribution in [0.4, 0.5) is 11.4 Å². The largest absolute Gasteiger partial charge is 0.482 e. The molecule has 1 aliphatic rings. The van der Waals surface area contributed by atoms with Gasteiger partial charge in [-0.3, -0.25) is 9.59 Å². The molecule has 2 aromatic carbocycles. The summed E-state index contributed by atoms with van der Waals surface area (Å²) < 4.78 is 5.28. The van der Waals surface area contributed by atoms with Gasteiger partial charge in [-0.2, -0.15) is 0 Å². The Kier molecular flexibility index (Phi) is 4.45. The lowest BCUT2D eigenvalue weighted by atomic mass is 10.2. The lowest BCUT2D eigenvalue weighted by molar-refractivity contribution is -0.118. The van der Waals surface area contributed by atoms with E-state index in [0.29, 0.717) is 27.7 Å². The van der Waals surface area contributed by atoms with E-state index in [9.17, 15) is 9.59 Å². The average Bonchev–Trinajstić information content (AvgIpc) is 2.54. The standard InChI is InChI=1S/C16H13ClN2O3S/c1-23-10-3-4-12(17)11(7-10)16(21)18-9-2-5-14-13(6-9)19-15(20)8-22-14/h2-7H,8H2,1H3,(H,18,21)(H,19,20). The van der Waals surface area contributed by atoms with Gasteiger partial charge in [0.2, 0.25) is 0 Å². The highest BCUT2D eigenvalue weighted by Gasteiger charge is 2.17. The number of anilines is 2. The second-order valence-corrected chi connectivity index (χ2v) is 6.13. The first-order valence-corrected chi connectivity index (χ1v) is 8.38. The number of carbonyl (C=O) groups is 2. The number of hydrogen-bond donors (Lipinski definition) is 2. The van der Waals surface area contributed by atoms with Gasteiger partial charge in [0, 0.05) is 10.6 Å². The molecule has 2 N–H and O–H groups in total. The minimum Gasteiger partial charge on any atom is -0.482 e. The fraction of sp³-hybridized carbons (Fsp3) is 0.125. The van der Waals surface area contributed by atoms with Gasteiger partial charge >= 0.3 is 0 Å². The molecule has 7 heteroatoms. The van der Waals surface area contributed by atoms with Crippen LogP contribution >= 0.6 is 23.4 Å². The molecule has 0 fully saturated rings. The van der Waals surface area contributed by atoms with Crippen molar-refractivity contribution in [2.45, 2.75) is 4.90 Å². The van der Waals surface area contributed by atoms with Gasteiger partial charge in [0.05, 0.1) is 16.3 Å². The Morgan fingerprint density at radius 2 is 2.13 bits per heavy atom. The summed E-state index contributed by atoms with van der Waals surface area (Å²) in [6.07, 6.45) is 1.93. The van der Waals surface area contributed by atoms with E-state index in [0.717, 1.165) is 4.90 Å². The van der Waals surface area contributed by atoms with E-state index in [1.165, 1.54) is 11.8 Å². The number of amides is 2. The van der Waals surface area contributed by atoms with Gasteiger partial charge < -0.3 is 15.4 Å². The average molecular weight is 349 g/mol. The van der Waals surface area contributed by atoms with Crippen LogP contribution in [0.1, 0.15) is 10.4 Å². The number of benzene rings is 2. The Balaban J connectivity index is 1.83. The predicted octanol–water partition coefficient (Wildman–Crippen LogP) is 3.65. The third-order valence-electron chi connectivity index (χ3n) is 3.29. The van der Waals surface area contributed by atoms with Crippen LogP contribution in [0.5, 0.6) is 5.75 Å². The Hall–Kier alpha value is -2.18. The van der Waals surface area contributed by atoms with Crippen molar-refractivity contribution in [3.8, 4) is 5.75 Å². The van der Waals surface area contributed by atoms with Crippen LogP contribution < -0.4 is 15.4 Å². The summed E-state index contributed by atoms with van der Waals surface area (Å²) in [5.41, 5.74) is 1.48. The van der Waals surface area contributed by atoms with E-state index >= 15 is 0 Å². The van der Waals surface area contributed by atoms with Crippen molar-refractivity contribution in [3.05, 3.63) is 47.0 Å². The number of hydrogen-bond acceptors (Lipinski definition) is 4. The van der Waals surface area contributed by atoms with Gasteiger partial charge in [-0.1, -0.05) is 11.6 Å². The molecule has 5 nitrogen and oxygen atoms in total. The van der Waals surface area contributed by atoms with Crippen LogP contribution in [-0.4, -0.2) is 24.7 Å². The Morgan fingerprint density at radius 1 is 1.30 bits per heavy atom. The van der Waals surface area contributed by atoms with Crippen LogP contribution in [-0.2, 0) is 4.79 Å². The molecule has 0 aliphatic carbocycles. The fourth-order valence-electron chi connectivity index (χ4n) is 2.16. The van der Waals surface area contributed by atoms with Crippen molar-refractivity contribution in [1.29, 1.82) is 0 Å². The maximum atomic E-state index is 12.4. The Bertz CT molecular complexity index is 795. The molecular weight excluding hydrogens is 336 g/mol. The van der Waals surface area contributed by atoms with Gasteiger partial charge in [-0.05, 0) is 42.7 Å². The monoisotopic (exact) mass is 348 g/mol. The highest BCUT2D eigenvalue weighted by atomic mass is 35.5. The molecule has 1 aliphatic heterocycles. The van der Waals surface area contributed by atoms with Gasteiger partial charge in [-0.15, -0.1) is 11.8 Å². The second kappa shape index (κ2) is 6.52. The first-order valence-electron chi connectivity index (χ1n) is 6.78. The number of fused-ring (bicyclic) bond motifs is 1. The van der Waals surface area contributed by atoms with Crippen molar-refractivity contribution >= 4 is 46.6 Å². The maximum absolute atomic E-state index is 12.4. The van der Waals surface area contributed by atoms with Gasteiger partial charge in [0.15, 0.2) is 6.61 Å². The zero-order valence-electron chi connectivity index (χ0n) is 12.2. The second-order valence-electron chi connectivity index (χ2n) is 4.85. The third-order valence-corrected chi connectivity index (χ3v) is 4.34. The predicted molar refractivity (Wildman–Crippen MR) is 91.8 cm³/mol. The molecule has 0 aromatic heterocycles. The molecule has 2 aromatic rings. The maximum Gasteiger partial charge on any atom is 0.262 e. The topological polar surface area (TPSA) is 67.4 Å². The van der Waals surface area contributed by atoms with Crippen LogP contribution in [0, 0.1) is 0 Å². The van der Waals surface area contributed by atoms with E-state index in [1.54, 1.807) is 30.3 Å². The lowest BCUT2D eigenvalue weighted by Crippen LogP contribution is -2.25. The molecule has 0 spiro atoms.